The fourth-order valence-corrected chi connectivity index (χ4v) is 5.77. The molecule has 2 aliphatic rings. The van der Waals surface area contributed by atoms with Gasteiger partial charge in [0.1, 0.15) is 5.82 Å². The SMILES string of the molecule is [2H]C1([2H])CC(Nc2ccc([C@H]3[C@@H](C(=O)Nc4ccc(C)c(C(F)(F)F)c4)CCCN3C(=O)c3c(C)cccc3F)cc2)CC1([2H])[2H]. The number of anilines is 2. The van der Waals surface area contributed by atoms with E-state index in [4.69, 9.17) is 5.48 Å². The Balaban J connectivity index is 1.47. The summed E-state index contributed by atoms with van der Waals surface area (Å²) >= 11 is 0. The Morgan fingerprint density at radius 2 is 1.62 bits per heavy atom. The highest BCUT2D eigenvalue weighted by Gasteiger charge is 2.41. The van der Waals surface area contributed by atoms with Gasteiger partial charge in [-0.3, -0.25) is 9.59 Å². The Kier molecular flexibility index (Phi) is 7.15. The van der Waals surface area contributed by atoms with Crippen molar-refractivity contribution in [2.75, 3.05) is 17.2 Å². The van der Waals surface area contributed by atoms with Gasteiger partial charge >= 0.3 is 6.18 Å². The van der Waals surface area contributed by atoms with E-state index in [2.05, 4.69) is 10.6 Å². The van der Waals surface area contributed by atoms with Crippen LogP contribution in [0.5, 0.6) is 0 Å². The molecule has 5 nitrogen and oxygen atoms in total. The van der Waals surface area contributed by atoms with Crippen molar-refractivity contribution in [3.8, 4) is 0 Å². The molecule has 222 valence electrons. The molecule has 1 heterocycles. The Bertz CT molecular complexity index is 1600. The van der Waals surface area contributed by atoms with Crippen molar-refractivity contribution in [2.24, 2.45) is 5.92 Å². The lowest BCUT2D eigenvalue weighted by Gasteiger charge is -2.41. The zero-order valence-electron chi connectivity index (χ0n) is 27.3. The summed E-state index contributed by atoms with van der Waals surface area (Å²) in [6, 6.07) is 13.3. The maximum atomic E-state index is 15.0. The molecule has 2 N–H and O–H groups in total. The first kappa shape index (κ1) is 24.7. The van der Waals surface area contributed by atoms with Crippen LogP contribution >= 0.6 is 0 Å². The molecule has 2 fully saturated rings. The molecule has 2 atom stereocenters. The fourth-order valence-electron chi connectivity index (χ4n) is 5.77. The molecule has 1 saturated carbocycles. The van der Waals surface area contributed by atoms with Crippen LogP contribution in [-0.4, -0.2) is 29.3 Å². The molecule has 1 aliphatic carbocycles. The number of alkyl halides is 3. The Labute approximate surface area is 248 Å². The Hall–Kier alpha value is -3.88. The zero-order chi connectivity index (χ0) is 33.6. The number of amides is 2. The number of rotatable bonds is 6. The predicted octanol–water partition coefficient (Wildman–Crippen LogP) is 8.05. The summed E-state index contributed by atoms with van der Waals surface area (Å²) in [5.41, 5.74) is 0.535. The van der Waals surface area contributed by atoms with Crippen LogP contribution in [0.15, 0.2) is 60.7 Å². The van der Waals surface area contributed by atoms with Gasteiger partial charge < -0.3 is 15.5 Å². The molecule has 5 rings (SSSR count). The molecule has 9 heteroatoms. The van der Waals surface area contributed by atoms with E-state index in [1.54, 1.807) is 37.3 Å². The summed E-state index contributed by atoms with van der Waals surface area (Å²) < 4.78 is 87.7. The molecular formula is C33H35F4N3O2. The number of carbonyl (C=O) groups excluding carboxylic acids is 2. The normalized spacial score (nSPS) is 23.3. The number of carbonyl (C=O) groups is 2. The molecule has 0 spiro atoms. The lowest BCUT2D eigenvalue weighted by atomic mass is 9.83. The highest BCUT2D eigenvalue weighted by molar-refractivity contribution is 5.98. The summed E-state index contributed by atoms with van der Waals surface area (Å²) in [5.74, 6) is -2.77. The van der Waals surface area contributed by atoms with Crippen molar-refractivity contribution in [3.63, 3.8) is 0 Å². The van der Waals surface area contributed by atoms with Gasteiger partial charge in [-0.05, 0) is 86.6 Å². The fraction of sp³-hybridized carbons (Fsp3) is 0.394. The highest BCUT2D eigenvalue weighted by atomic mass is 19.4. The number of nitrogens with one attached hydrogen (secondary N) is 2. The van der Waals surface area contributed by atoms with Crippen LogP contribution in [0.4, 0.5) is 28.9 Å². The molecule has 42 heavy (non-hydrogen) atoms. The minimum absolute atomic E-state index is 0.0108. The lowest BCUT2D eigenvalue weighted by Crippen LogP contribution is -2.46. The molecule has 0 unspecified atom stereocenters. The highest BCUT2D eigenvalue weighted by Crippen LogP contribution is 2.40. The number of hydrogen-bond acceptors (Lipinski definition) is 3. The van der Waals surface area contributed by atoms with Gasteiger partial charge in [0.25, 0.3) is 5.91 Å². The number of halogens is 4. The van der Waals surface area contributed by atoms with Crippen molar-refractivity contribution < 1.29 is 32.6 Å². The first-order valence-electron chi connectivity index (χ1n) is 15.9. The molecule has 1 saturated heterocycles. The average Bonchev–Trinajstić information content (AvgIpc) is 3.18. The van der Waals surface area contributed by atoms with E-state index in [0.29, 0.717) is 29.7 Å². The van der Waals surface area contributed by atoms with Crippen LogP contribution < -0.4 is 10.6 Å². The van der Waals surface area contributed by atoms with E-state index in [-0.39, 0.29) is 36.2 Å². The van der Waals surface area contributed by atoms with E-state index >= 15 is 0 Å². The summed E-state index contributed by atoms with van der Waals surface area (Å²) in [5, 5.41) is 5.78. The van der Waals surface area contributed by atoms with Crippen LogP contribution in [0.25, 0.3) is 0 Å². The standard InChI is InChI=1S/C33H35F4N3O2/c1-20-12-15-25(19-27(20)33(35,36)37)39-31(41)26-10-6-18-40(32(42)29-21(2)7-5-11-28(29)34)30(26)22-13-16-24(17-14-22)38-23-8-3-4-9-23/h5,7,11-17,19,23,26,30,38H,3-4,6,8-10,18H2,1-2H3,(H,39,41)/t26-,30-/m0/s1/i3D2,4D2. The quantitative estimate of drug-likeness (QED) is 0.288. The summed E-state index contributed by atoms with van der Waals surface area (Å²) in [4.78, 5) is 29.1. The van der Waals surface area contributed by atoms with E-state index in [1.807, 2.05) is 0 Å². The Morgan fingerprint density at radius 1 is 0.929 bits per heavy atom. The van der Waals surface area contributed by atoms with Crippen LogP contribution in [0.1, 0.15) is 82.6 Å². The number of aryl methyl sites for hydroxylation is 2. The third-order valence-electron chi connectivity index (χ3n) is 7.92. The molecule has 3 aromatic rings. The van der Waals surface area contributed by atoms with Crippen LogP contribution in [0.2, 0.25) is 0 Å². The van der Waals surface area contributed by atoms with Gasteiger partial charge in [-0.25, -0.2) is 4.39 Å². The smallest absolute Gasteiger partial charge is 0.382 e. The maximum Gasteiger partial charge on any atom is 0.416 e. The minimum Gasteiger partial charge on any atom is -0.382 e. The van der Waals surface area contributed by atoms with E-state index < -0.39 is 60.1 Å². The van der Waals surface area contributed by atoms with Gasteiger partial charge in [0.05, 0.1) is 23.1 Å². The van der Waals surface area contributed by atoms with Gasteiger partial charge in [0.15, 0.2) is 0 Å². The van der Waals surface area contributed by atoms with E-state index in [1.165, 1.54) is 36.1 Å². The summed E-state index contributed by atoms with van der Waals surface area (Å²) in [6.07, 6.45) is -7.91. The van der Waals surface area contributed by atoms with Crippen molar-refractivity contribution in [1.29, 1.82) is 0 Å². The monoisotopic (exact) mass is 585 g/mol. The van der Waals surface area contributed by atoms with Gasteiger partial charge in [0, 0.05) is 29.4 Å². The van der Waals surface area contributed by atoms with Gasteiger partial charge in [0.2, 0.25) is 5.91 Å². The van der Waals surface area contributed by atoms with Crippen molar-refractivity contribution in [1.82, 2.24) is 4.90 Å². The number of hydrogen-bond donors (Lipinski definition) is 2. The number of likely N-dealkylation sites (tertiary alicyclic amines) is 1. The molecule has 0 aromatic heterocycles. The first-order valence-corrected chi connectivity index (χ1v) is 13.9. The van der Waals surface area contributed by atoms with Crippen LogP contribution in [0, 0.1) is 25.6 Å². The van der Waals surface area contributed by atoms with Crippen molar-refractivity contribution >= 4 is 23.2 Å². The molecule has 1 aliphatic heterocycles. The topological polar surface area (TPSA) is 61.4 Å². The van der Waals surface area contributed by atoms with E-state index in [0.717, 1.165) is 6.07 Å². The predicted molar refractivity (Wildman–Crippen MR) is 155 cm³/mol. The zero-order valence-corrected chi connectivity index (χ0v) is 23.3. The van der Waals surface area contributed by atoms with Gasteiger partial charge in [-0.15, -0.1) is 0 Å². The second-order valence-electron chi connectivity index (χ2n) is 10.9. The average molecular weight is 586 g/mol. The van der Waals surface area contributed by atoms with Gasteiger partial charge in [-0.2, -0.15) is 13.2 Å². The number of piperidine rings is 1. The largest absolute Gasteiger partial charge is 0.416 e. The van der Waals surface area contributed by atoms with Crippen LogP contribution in [-0.2, 0) is 11.0 Å². The molecular weight excluding hydrogens is 546 g/mol. The van der Waals surface area contributed by atoms with E-state index in [9.17, 15) is 27.2 Å². The molecule has 2 amide bonds. The Morgan fingerprint density at radius 3 is 2.29 bits per heavy atom. The second-order valence-corrected chi connectivity index (χ2v) is 10.9. The number of nitrogens with zero attached hydrogens (tertiary/aromatic N) is 1. The summed E-state index contributed by atoms with van der Waals surface area (Å²) in [6.45, 7) is 3.16. The third kappa shape index (κ3) is 6.30. The summed E-state index contributed by atoms with van der Waals surface area (Å²) in [7, 11) is 0. The van der Waals surface area contributed by atoms with Crippen molar-refractivity contribution in [2.45, 2.75) is 70.5 Å². The third-order valence-corrected chi connectivity index (χ3v) is 7.92. The minimum atomic E-state index is -4.61. The molecule has 3 aromatic carbocycles. The van der Waals surface area contributed by atoms with Crippen LogP contribution in [0.3, 0.4) is 0 Å². The lowest BCUT2D eigenvalue weighted by molar-refractivity contribution is -0.138. The second kappa shape index (κ2) is 12.2. The molecule has 0 bridgehead atoms. The first-order chi connectivity index (χ1) is 21.5. The maximum absolute atomic E-state index is 15.0. The number of benzene rings is 3. The molecule has 0 radical (unpaired) electrons. The van der Waals surface area contributed by atoms with Gasteiger partial charge in [-0.1, -0.05) is 43.1 Å². The van der Waals surface area contributed by atoms with Crippen molar-refractivity contribution in [3.05, 3.63) is 94.3 Å².